The van der Waals surface area contributed by atoms with Gasteiger partial charge in [0.15, 0.2) is 6.10 Å². The summed E-state index contributed by atoms with van der Waals surface area (Å²) in [6.45, 7) is 6.43. The number of esters is 3. The molecule has 0 spiro atoms. The van der Waals surface area contributed by atoms with Crippen molar-refractivity contribution in [2.75, 3.05) is 13.2 Å². The maximum Gasteiger partial charge on any atom is 0.306 e. The number of ether oxygens (including phenoxy) is 3. The molecule has 0 aromatic rings. The summed E-state index contributed by atoms with van der Waals surface area (Å²) in [4.78, 5) is 38.2. The Bertz CT molecular complexity index is 1590. The smallest absolute Gasteiger partial charge is 0.306 e. The van der Waals surface area contributed by atoms with Crippen LogP contribution in [0.2, 0.25) is 0 Å². The lowest BCUT2D eigenvalue weighted by atomic mass is 10.0. The van der Waals surface area contributed by atoms with E-state index < -0.39 is 6.10 Å². The van der Waals surface area contributed by atoms with Crippen LogP contribution in [0.25, 0.3) is 0 Å². The van der Waals surface area contributed by atoms with Crippen molar-refractivity contribution in [2.45, 2.75) is 290 Å². The first-order valence-electron chi connectivity index (χ1n) is 31.5. The summed E-state index contributed by atoms with van der Waals surface area (Å²) < 4.78 is 16.8. The van der Waals surface area contributed by atoms with Gasteiger partial charge in [-0.15, -0.1) is 0 Å². The van der Waals surface area contributed by atoms with Gasteiger partial charge in [0, 0.05) is 19.3 Å². The molecular weight excluding hydrogens is 937 g/mol. The predicted molar refractivity (Wildman–Crippen MR) is 330 cm³/mol. The Morgan fingerprint density at radius 3 is 0.882 bits per heavy atom. The van der Waals surface area contributed by atoms with Crippen molar-refractivity contribution in [3.05, 3.63) is 122 Å². The predicted octanol–water partition coefficient (Wildman–Crippen LogP) is 21.6. The average Bonchev–Trinajstić information content (AvgIpc) is 3.42. The minimum atomic E-state index is -0.800. The van der Waals surface area contributed by atoms with Gasteiger partial charge >= 0.3 is 17.9 Å². The zero-order valence-electron chi connectivity index (χ0n) is 49.5. The van der Waals surface area contributed by atoms with Gasteiger partial charge in [-0.05, 0) is 128 Å². The van der Waals surface area contributed by atoms with E-state index in [-0.39, 0.29) is 31.1 Å². The lowest BCUT2D eigenvalue weighted by Crippen LogP contribution is -2.30. The standard InChI is InChI=1S/C70H116O6/c1-4-7-10-13-16-19-22-24-26-28-30-32-34-35-37-38-40-42-44-46-48-51-54-57-60-63-69(72)75-66-67(65-74-68(71)62-59-56-53-50-21-18-15-12-9-6-3)76-70(73)64-61-58-55-52-49-47-45-43-41-39-36-33-31-29-27-25-23-20-17-14-11-8-5-2/h7,10,12,15-16,19,23-26,29-32,35,37,40,42,46,48,67H,4-6,8-9,11,13-14,17-18,20-22,27-28,33-34,36,38-39,41,43-45,47,49-66H2,1-3H3/b10-7-,15-12-,19-16-,25-23-,26-24-,31-29-,32-30-,37-35-,42-40-,48-46-. The summed E-state index contributed by atoms with van der Waals surface area (Å²) in [5.74, 6) is -0.940. The molecule has 0 bridgehead atoms. The van der Waals surface area contributed by atoms with Gasteiger partial charge in [-0.25, -0.2) is 0 Å². The molecule has 0 amide bonds. The molecule has 0 aromatic heterocycles. The molecule has 0 heterocycles. The van der Waals surface area contributed by atoms with Gasteiger partial charge in [-0.2, -0.15) is 0 Å². The maximum atomic E-state index is 12.9. The van der Waals surface area contributed by atoms with Crippen LogP contribution >= 0.6 is 0 Å². The van der Waals surface area contributed by atoms with Gasteiger partial charge in [0.25, 0.3) is 0 Å². The minimum Gasteiger partial charge on any atom is -0.462 e. The van der Waals surface area contributed by atoms with Gasteiger partial charge in [0.1, 0.15) is 13.2 Å². The van der Waals surface area contributed by atoms with Crippen LogP contribution in [0, 0.1) is 0 Å². The van der Waals surface area contributed by atoms with Crippen molar-refractivity contribution >= 4 is 17.9 Å². The third-order valence-corrected chi connectivity index (χ3v) is 13.2. The topological polar surface area (TPSA) is 78.9 Å². The second-order valence-corrected chi connectivity index (χ2v) is 20.6. The van der Waals surface area contributed by atoms with E-state index in [4.69, 9.17) is 14.2 Å². The molecule has 0 saturated carbocycles. The summed E-state index contributed by atoms with van der Waals surface area (Å²) >= 11 is 0. The van der Waals surface area contributed by atoms with Gasteiger partial charge in [-0.1, -0.05) is 258 Å². The highest BCUT2D eigenvalue weighted by Gasteiger charge is 2.19. The van der Waals surface area contributed by atoms with E-state index >= 15 is 0 Å². The number of unbranched alkanes of at least 4 members (excludes halogenated alkanes) is 25. The summed E-state index contributed by atoms with van der Waals surface area (Å²) in [7, 11) is 0. The van der Waals surface area contributed by atoms with Crippen molar-refractivity contribution in [2.24, 2.45) is 0 Å². The molecule has 0 aliphatic rings. The highest BCUT2D eigenvalue weighted by molar-refractivity contribution is 5.71. The van der Waals surface area contributed by atoms with E-state index in [1.807, 2.05) is 0 Å². The molecule has 0 rings (SSSR count). The van der Waals surface area contributed by atoms with Crippen LogP contribution in [-0.4, -0.2) is 37.2 Å². The third-order valence-electron chi connectivity index (χ3n) is 13.2. The Morgan fingerprint density at radius 1 is 0.276 bits per heavy atom. The lowest BCUT2D eigenvalue weighted by molar-refractivity contribution is -0.167. The molecule has 0 aliphatic carbocycles. The fraction of sp³-hybridized carbons (Fsp3) is 0.671. The maximum absolute atomic E-state index is 12.9. The number of carbonyl (C=O) groups is 3. The molecule has 6 heteroatoms. The Balaban J connectivity index is 4.35. The molecule has 76 heavy (non-hydrogen) atoms. The Hall–Kier alpha value is -4.19. The van der Waals surface area contributed by atoms with Crippen LogP contribution in [0.5, 0.6) is 0 Å². The molecule has 0 aromatic carbocycles. The Labute approximate surface area is 469 Å². The van der Waals surface area contributed by atoms with Crippen LogP contribution in [0.4, 0.5) is 0 Å². The Morgan fingerprint density at radius 2 is 0.539 bits per heavy atom. The SMILES string of the molecule is CC/C=C\C/C=C\C/C=C\C/C=C\C/C=C\C/C=C\C/C=C\CCCCCC(=O)OCC(COC(=O)CCCCCCC/C=C\CCC)OC(=O)CCCCCCCCCCCCC/C=C\C/C=C\CCCCCCC. The monoisotopic (exact) mass is 1050 g/mol. The molecule has 6 nitrogen and oxygen atoms in total. The highest BCUT2D eigenvalue weighted by atomic mass is 16.6. The first-order valence-corrected chi connectivity index (χ1v) is 31.5. The average molecular weight is 1050 g/mol. The number of hydrogen-bond acceptors (Lipinski definition) is 6. The summed E-state index contributed by atoms with van der Waals surface area (Å²) in [6.07, 6.45) is 87.8. The van der Waals surface area contributed by atoms with Gasteiger partial charge in [0.2, 0.25) is 0 Å². The fourth-order valence-electron chi connectivity index (χ4n) is 8.46. The van der Waals surface area contributed by atoms with E-state index in [2.05, 4.69) is 142 Å². The molecule has 1 atom stereocenters. The van der Waals surface area contributed by atoms with E-state index in [1.165, 1.54) is 109 Å². The molecule has 0 fully saturated rings. The summed E-state index contributed by atoms with van der Waals surface area (Å²) in [5, 5.41) is 0. The summed E-state index contributed by atoms with van der Waals surface area (Å²) in [5.41, 5.74) is 0. The third kappa shape index (κ3) is 60.7. The molecule has 0 N–H and O–H groups in total. The molecular formula is C70H116O6. The zero-order valence-corrected chi connectivity index (χ0v) is 49.5. The minimum absolute atomic E-state index is 0.0961. The number of hydrogen-bond donors (Lipinski definition) is 0. The Kier molecular flexibility index (Phi) is 59.9. The van der Waals surface area contributed by atoms with E-state index in [1.54, 1.807) is 0 Å². The fourth-order valence-corrected chi connectivity index (χ4v) is 8.46. The first kappa shape index (κ1) is 71.8. The van der Waals surface area contributed by atoms with E-state index in [0.29, 0.717) is 19.3 Å². The second-order valence-electron chi connectivity index (χ2n) is 20.6. The van der Waals surface area contributed by atoms with Gasteiger partial charge in [0.05, 0.1) is 0 Å². The highest BCUT2D eigenvalue weighted by Crippen LogP contribution is 2.15. The number of allylic oxidation sites excluding steroid dienone is 20. The van der Waals surface area contributed by atoms with Crippen molar-refractivity contribution in [3.63, 3.8) is 0 Å². The van der Waals surface area contributed by atoms with Crippen molar-refractivity contribution in [1.29, 1.82) is 0 Å². The molecule has 0 radical (unpaired) electrons. The zero-order chi connectivity index (χ0) is 55.0. The molecule has 432 valence electrons. The number of carbonyl (C=O) groups excluding carboxylic acids is 3. The van der Waals surface area contributed by atoms with Crippen molar-refractivity contribution in [3.8, 4) is 0 Å². The number of rotatable bonds is 56. The molecule has 1 unspecified atom stereocenters. The summed E-state index contributed by atoms with van der Waals surface area (Å²) in [6, 6.07) is 0. The largest absolute Gasteiger partial charge is 0.462 e. The van der Waals surface area contributed by atoms with Crippen LogP contribution in [0.1, 0.15) is 284 Å². The normalized spacial score (nSPS) is 12.9. The van der Waals surface area contributed by atoms with Crippen molar-refractivity contribution in [1.82, 2.24) is 0 Å². The second kappa shape index (κ2) is 63.3. The van der Waals surface area contributed by atoms with Crippen LogP contribution in [-0.2, 0) is 28.6 Å². The molecule has 0 aliphatic heterocycles. The quantitative estimate of drug-likeness (QED) is 0.0261. The van der Waals surface area contributed by atoms with Gasteiger partial charge < -0.3 is 14.2 Å². The van der Waals surface area contributed by atoms with E-state index in [9.17, 15) is 14.4 Å². The first-order chi connectivity index (χ1) is 37.5. The van der Waals surface area contributed by atoms with Crippen LogP contribution in [0.15, 0.2) is 122 Å². The van der Waals surface area contributed by atoms with Crippen LogP contribution < -0.4 is 0 Å². The molecule has 0 saturated heterocycles. The lowest BCUT2D eigenvalue weighted by Gasteiger charge is -2.18. The van der Waals surface area contributed by atoms with Crippen LogP contribution in [0.3, 0.4) is 0 Å². The van der Waals surface area contributed by atoms with Crippen molar-refractivity contribution < 1.29 is 28.6 Å². The van der Waals surface area contributed by atoms with Gasteiger partial charge in [-0.3, -0.25) is 14.4 Å². The van der Waals surface area contributed by atoms with E-state index in [0.717, 1.165) is 135 Å².